The van der Waals surface area contributed by atoms with Crippen molar-refractivity contribution in [3.8, 4) is 0 Å². The number of hydrogen-bond acceptors (Lipinski definition) is 4. The Hall–Kier alpha value is -0.160. The first-order valence-electron chi connectivity index (χ1n) is 7.33. The van der Waals surface area contributed by atoms with E-state index in [1.165, 1.54) is 0 Å². The van der Waals surface area contributed by atoms with Crippen molar-refractivity contribution in [2.75, 3.05) is 46.5 Å². The topological polar surface area (TPSA) is 44.7 Å². The Balaban J connectivity index is 4.44. The second-order valence-corrected chi connectivity index (χ2v) is 6.76. The van der Waals surface area contributed by atoms with Gasteiger partial charge >= 0.3 is 0 Å². The van der Waals surface area contributed by atoms with Gasteiger partial charge in [-0.3, -0.25) is 4.90 Å². The molecule has 0 aromatic heterocycles. The van der Waals surface area contributed by atoms with Crippen LogP contribution in [0.2, 0.25) is 0 Å². The zero-order chi connectivity index (χ0) is 14.9. The summed E-state index contributed by atoms with van der Waals surface area (Å²) in [5, 5.41) is 12.8. The van der Waals surface area contributed by atoms with Gasteiger partial charge in [-0.1, -0.05) is 13.8 Å². The van der Waals surface area contributed by atoms with Crippen molar-refractivity contribution < 1.29 is 9.84 Å². The largest absolute Gasteiger partial charge is 0.395 e. The summed E-state index contributed by atoms with van der Waals surface area (Å²) in [6.45, 7) is 15.6. The molecule has 0 amide bonds. The fourth-order valence-electron chi connectivity index (χ4n) is 1.94. The van der Waals surface area contributed by atoms with Gasteiger partial charge in [0.2, 0.25) is 0 Å². The molecule has 1 unspecified atom stereocenters. The molecule has 0 radical (unpaired) electrons. The van der Waals surface area contributed by atoms with Crippen LogP contribution < -0.4 is 5.32 Å². The first-order chi connectivity index (χ1) is 8.76. The highest BCUT2D eigenvalue weighted by molar-refractivity contribution is 4.83. The molecule has 0 aliphatic carbocycles. The highest BCUT2D eigenvalue weighted by Gasteiger charge is 2.26. The number of aliphatic hydroxyl groups excluding tert-OH is 1. The molecule has 4 nitrogen and oxygen atoms in total. The quantitative estimate of drug-likeness (QED) is 0.637. The Morgan fingerprint density at radius 2 is 1.79 bits per heavy atom. The van der Waals surface area contributed by atoms with Gasteiger partial charge < -0.3 is 15.2 Å². The summed E-state index contributed by atoms with van der Waals surface area (Å²) in [6.07, 6.45) is 1.12. The third-order valence-electron chi connectivity index (χ3n) is 3.53. The van der Waals surface area contributed by atoms with E-state index in [9.17, 15) is 0 Å². The summed E-state index contributed by atoms with van der Waals surface area (Å²) in [5.74, 6) is 0. The Kier molecular flexibility index (Phi) is 8.83. The average molecular weight is 274 g/mol. The van der Waals surface area contributed by atoms with E-state index >= 15 is 0 Å². The molecule has 0 aliphatic heterocycles. The van der Waals surface area contributed by atoms with E-state index in [0.717, 1.165) is 26.1 Å². The van der Waals surface area contributed by atoms with Gasteiger partial charge in [-0.2, -0.15) is 0 Å². The summed E-state index contributed by atoms with van der Waals surface area (Å²) >= 11 is 0. The normalized spacial score (nSPS) is 15.8. The summed E-state index contributed by atoms with van der Waals surface area (Å²) in [7, 11) is 1.72. The molecule has 2 N–H and O–H groups in total. The van der Waals surface area contributed by atoms with Gasteiger partial charge in [0.25, 0.3) is 0 Å². The number of methoxy groups -OCH3 is 1. The molecule has 0 spiro atoms. The lowest BCUT2D eigenvalue weighted by molar-refractivity contribution is 0.0905. The lowest BCUT2D eigenvalue weighted by Gasteiger charge is -2.37. The van der Waals surface area contributed by atoms with Crippen LogP contribution in [0.4, 0.5) is 0 Å². The monoisotopic (exact) mass is 274 g/mol. The molecule has 4 heteroatoms. The lowest BCUT2D eigenvalue weighted by Crippen LogP contribution is -2.48. The van der Waals surface area contributed by atoms with Crippen LogP contribution in [-0.4, -0.2) is 62.0 Å². The van der Waals surface area contributed by atoms with E-state index in [-0.39, 0.29) is 17.6 Å². The summed E-state index contributed by atoms with van der Waals surface area (Å²) in [6, 6.07) is 0. The Labute approximate surface area is 119 Å². The maximum atomic E-state index is 9.17. The number of aliphatic hydroxyl groups is 1. The van der Waals surface area contributed by atoms with Crippen LogP contribution in [0.5, 0.6) is 0 Å². The Morgan fingerprint density at radius 3 is 2.21 bits per heavy atom. The van der Waals surface area contributed by atoms with Crippen molar-refractivity contribution in [2.45, 2.75) is 46.6 Å². The molecule has 0 bridgehead atoms. The standard InChI is InChI=1S/C15H34N2O2/c1-7-15(5,12-16-14(2,3)4)13-17(8-10-18)9-11-19-6/h16,18H,7-13H2,1-6H3. The van der Waals surface area contributed by atoms with Gasteiger partial charge in [-0.15, -0.1) is 0 Å². The molecule has 1 atom stereocenters. The SMILES string of the molecule is CCC(C)(CNC(C)(C)C)CN(CCO)CCOC. The Morgan fingerprint density at radius 1 is 1.16 bits per heavy atom. The van der Waals surface area contributed by atoms with Gasteiger partial charge in [-0.05, 0) is 32.6 Å². The predicted molar refractivity (Wildman–Crippen MR) is 81.6 cm³/mol. The molecule has 0 aromatic rings. The molecule has 0 saturated carbocycles. The van der Waals surface area contributed by atoms with Gasteiger partial charge in [-0.25, -0.2) is 0 Å². The molecule has 0 rings (SSSR count). The van der Waals surface area contributed by atoms with Crippen LogP contribution in [0.1, 0.15) is 41.0 Å². The third-order valence-corrected chi connectivity index (χ3v) is 3.53. The highest BCUT2D eigenvalue weighted by atomic mass is 16.5. The van der Waals surface area contributed by atoms with Crippen LogP contribution >= 0.6 is 0 Å². The maximum absolute atomic E-state index is 9.17. The first kappa shape index (κ1) is 18.8. The second kappa shape index (κ2) is 8.90. The molecule has 116 valence electrons. The van der Waals surface area contributed by atoms with Crippen molar-refractivity contribution in [3.05, 3.63) is 0 Å². The van der Waals surface area contributed by atoms with Crippen molar-refractivity contribution >= 4 is 0 Å². The van der Waals surface area contributed by atoms with Crippen LogP contribution in [0.25, 0.3) is 0 Å². The van der Waals surface area contributed by atoms with E-state index in [0.29, 0.717) is 13.2 Å². The fourth-order valence-corrected chi connectivity index (χ4v) is 1.94. The molecular weight excluding hydrogens is 240 g/mol. The minimum Gasteiger partial charge on any atom is -0.395 e. The van der Waals surface area contributed by atoms with Crippen LogP contribution in [0, 0.1) is 5.41 Å². The zero-order valence-corrected chi connectivity index (χ0v) is 13.8. The van der Waals surface area contributed by atoms with Crippen LogP contribution in [0.15, 0.2) is 0 Å². The van der Waals surface area contributed by atoms with E-state index in [2.05, 4.69) is 44.8 Å². The average Bonchev–Trinajstić information content (AvgIpc) is 2.33. The van der Waals surface area contributed by atoms with E-state index in [4.69, 9.17) is 9.84 Å². The predicted octanol–water partition coefficient (Wildman–Crippen LogP) is 1.73. The summed E-state index contributed by atoms with van der Waals surface area (Å²) in [5.41, 5.74) is 0.362. The third kappa shape index (κ3) is 9.38. The first-order valence-corrected chi connectivity index (χ1v) is 7.33. The van der Waals surface area contributed by atoms with Gasteiger partial charge in [0.15, 0.2) is 0 Å². The number of nitrogens with zero attached hydrogens (tertiary/aromatic N) is 1. The summed E-state index contributed by atoms with van der Waals surface area (Å²) < 4.78 is 5.14. The van der Waals surface area contributed by atoms with Crippen molar-refractivity contribution in [1.29, 1.82) is 0 Å². The molecular formula is C15H34N2O2. The summed E-state index contributed by atoms with van der Waals surface area (Å²) in [4.78, 5) is 2.29. The molecule has 0 aliphatic rings. The van der Waals surface area contributed by atoms with E-state index < -0.39 is 0 Å². The zero-order valence-electron chi connectivity index (χ0n) is 13.8. The van der Waals surface area contributed by atoms with Crippen molar-refractivity contribution in [3.63, 3.8) is 0 Å². The van der Waals surface area contributed by atoms with Crippen molar-refractivity contribution in [1.82, 2.24) is 10.2 Å². The van der Waals surface area contributed by atoms with Crippen molar-refractivity contribution in [2.24, 2.45) is 5.41 Å². The van der Waals surface area contributed by atoms with E-state index in [1.54, 1.807) is 7.11 Å². The van der Waals surface area contributed by atoms with Gasteiger partial charge in [0.1, 0.15) is 0 Å². The molecule has 19 heavy (non-hydrogen) atoms. The molecule has 0 saturated heterocycles. The number of nitrogens with one attached hydrogen (secondary N) is 1. The Bertz CT molecular complexity index is 229. The van der Waals surface area contributed by atoms with Crippen LogP contribution in [-0.2, 0) is 4.74 Å². The molecule has 0 fully saturated rings. The van der Waals surface area contributed by atoms with Crippen LogP contribution in [0.3, 0.4) is 0 Å². The minimum atomic E-state index is 0.144. The number of rotatable bonds is 10. The number of hydrogen-bond donors (Lipinski definition) is 2. The molecule has 0 aromatic carbocycles. The van der Waals surface area contributed by atoms with E-state index in [1.807, 2.05) is 0 Å². The number of ether oxygens (including phenoxy) is 1. The smallest absolute Gasteiger partial charge is 0.0589 e. The fraction of sp³-hybridized carbons (Fsp3) is 1.00. The lowest BCUT2D eigenvalue weighted by atomic mass is 9.85. The highest BCUT2D eigenvalue weighted by Crippen LogP contribution is 2.22. The second-order valence-electron chi connectivity index (χ2n) is 6.76. The maximum Gasteiger partial charge on any atom is 0.0589 e. The van der Waals surface area contributed by atoms with Gasteiger partial charge in [0, 0.05) is 38.8 Å². The minimum absolute atomic E-state index is 0.144. The van der Waals surface area contributed by atoms with Gasteiger partial charge in [0.05, 0.1) is 13.2 Å². The molecule has 0 heterocycles.